The van der Waals surface area contributed by atoms with Gasteiger partial charge in [-0.25, -0.2) is 0 Å². The molecule has 0 spiro atoms. The average molecular weight is 283 g/mol. The van der Waals surface area contributed by atoms with Gasteiger partial charge in [-0.05, 0) is 35.9 Å². The molecule has 0 amide bonds. The molecule has 1 aliphatic heterocycles. The Morgan fingerprint density at radius 1 is 1.14 bits per heavy atom. The summed E-state index contributed by atoms with van der Waals surface area (Å²) in [5.74, 6) is 0.898. The van der Waals surface area contributed by atoms with Crippen molar-refractivity contribution in [1.82, 2.24) is 4.90 Å². The summed E-state index contributed by atoms with van der Waals surface area (Å²) in [7, 11) is 3.83. The molecule has 2 aromatic rings. The molecule has 1 aliphatic rings. The van der Waals surface area contributed by atoms with Gasteiger partial charge in [0.05, 0.1) is 13.7 Å². The van der Waals surface area contributed by atoms with Gasteiger partial charge in [0.15, 0.2) is 0 Å². The fourth-order valence-corrected chi connectivity index (χ4v) is 2.79. The Kier molecular flexibility index (Phi) is 4.23. The van der Waals surface area contributed by atoms with Crippen LogP contribution in [0.4, 0.5) is 0 Å². The standard InChI is InChI=1S/C18H21NO2/c1-19-10-11-21-18(14-6-4-3-5-7-14)17-9-8-16(20-2)12-15(17)13-19/h3-9,12,18H,10-11,13H2,1-2H3. The lowest BCUT2D eigenvalue weighted by molar-refractivity contribution is 0.0553. The summed E-state index contributed by atoms with van der Waals surface area (Å²) in [6, 6.07) is 16.7. The van der Waals surface area contributed by atoms with Crippen molar-refractivity contribution in [3.8, 4) is 5.75 Å². The Morgan fingerprint density at radius 2 is 1.95 bits per heavy atom. The maximum atomic E-state index is 6.16. The summed E-state index contributed by atoms with van der Waals surface area (Å²) in [6.07, 6.45) is 0.000746. The van der Waals surface area contributed by atoms with Crippen LogP contribution < -0.4 is 4.74 Å². The normalized spacial score (nSPS) is 19.4. The summed E-state index contributed by atoms with van der Waals surface area (Å²) in [5, 5.41) is 0. The molecule has 2 aromatic carbocycles. The van der Waals surface area contributed by atoms with Crippen molar-refractivity contribution >= 4 is 0 Å². The lowest BCUT2D eigenvalue weighted by Gasteiger charge is -2.28. The van der Waals surface area contributed by atoms with Crippen LogP contribution in [0.3, 0.4) is 0 Å². The Hall–Kier alpha value is -1.84. The molecule has 0 aromatic heterocycles. The highest BCUT2D eigenvalue weighted by atomic mass is 16.5. The first-order valence-electron chi connectivity index (χ1n) is 7.30. The van der Waals surface area contributed by atoms with Gasteiger partial charge in [-0.2, -0.15) is 0 Å². The molecule has 0 fully saturated rings. The third-order valence-electron chi connectivity index (χ3n) is 3.93. The number of hydrogen-bond donors (Lipinski definition) is 0. The van der Waals surface area contributed by atoms with Crippen molar-refractivity contribution in [2.45, 2.75) is 12.6 Å². The van der Waals surface area contributed by atoms with Gasteiger partial charge in [-0.3, -0.25) is 4.90 Å². The van der Waals surface area contributed by atoms with E-state index in [-0.39, 0.29) is 6.10 Å². The van der Waals surface area contributed by atoms with E-state index in [0.717, 1.165) is 25.4 Å². The fraction of sp³-hybridized carbons (Fsp3) is 0.333. The Balaban J connectivity index is 2.05. The van der Waals surface area contributed by atoms with Crippen molar-refractivity contribution in [3.05, 3.63) is 65.2 Å². The molecule has 1 atom stereocenters. The number of benzene rings is 2. The first-order valence-corrected chi connectivity index (χ1v) is 7.30. The highest BCUT2D eigenvalue weighted by molar-refractivity contribution is 5.41. The van der Waals surface area contributed by atoms with Crippen LogP contribution in [0.5, 0.6) is 5.75 Å². The SMILES string of the molecule is COc1ccc2c(c1)CN(C)CCOC2c1ccccc1. The number of methoxy groups -OCH3 is 1. The van der Waals surface area contributed by atoms with Crippen LogP contribution in [0.15, 0.2) is 48.5 Å². The molecular formula is C18H21NO2. The Morgan fingerprint density at radius 3 is 2.71 bits per heavy atom. The molecule has 3 rings (SSSR count). The van der Waals surface area contributed by atoms with Gasteiger partial charge in [-0.15, -0.1) is 0 Å². The summed E-state index contributed by atoms with van der Waals surface area (Å²) in [5.41, 5.74) is 3.70. The molecule has 0 saturated carbocycles. The highest BCUT2D eigenvalue weighted by Crippen LogP contribution is 2.32. The minimum absolute atomic E-state index is 0.000746. The molecule has 0 N–H and O–H groups in total. The maximum Gasteiger partial charge on any atom is 0.119 e. The van der Waals surface area contributed by atoms with Gasteiger partial charge in [0.1, 0.15) is 11.9 Å². The molecule has 0 radical (unpaired) electrons. The number of hydrogen-bond acceptors (Lipinski definition) is 3. The van der Waals surface area contributed by atoms with Gasteiger partial charge in [-0.1, -0.05) is 36.4 Å². The van der Waals surface area contributed by atoms with Crippen molar-refractivity contribution in [1.29, 1.82) is 0 Å². The zero-order valence-corrected chi connectivity index (χ0v) is 12.6. The second-order valence-electron chi connectivity index (χ2n) is 5.46. The number of fused-ring (bicyclic) bond motifs is 1. The highest BCUT2D eigenvalue weighted by Gasteiger charge is 2.21. The topological polar surface area (TPSA) is 21.7 Å². The van der Waals surface area contributed by atoms with Crippen LogP contribution in [0.25, 0.3) is 0 Å². The fourth-order valence-electron chi connectivity index (χ4n) is 2.79. The van der Waals surface area contributed by atoms with E-state index in [2.05, 4.69) is 48.3 Å². The smallest absolute Gasteiger partial charge is 0.119 e. The van der Waals surface area contributed by atoms with Crippen LogP contribution >= 0.6 is 0 Å². The Labute approximate surface area is 126 Å². The molecule has 0 aliphatic carbocycles. The minimum atomic E-state index is 0.000746. The molecule has 110 valence electrons. The zero-order valence-electron chi connectivity index (χ0n) is 12.6. The van der Waals surface area contributed by atoms with Crippen LogP contribution in [-0.4, -0.2) is 32.2 Å². The van der Waals surface area contributed by atoms with Crippen LogP contribution in [0.1, 0.15) is 22.8 Å². The van der Waals surface area contributed by atoms with Gasteiger partial charge < -0.3 is 9.47 Å². The Bertz CT molecular complexity index is 597. The second kappa shape index (κ2) is 6.29. The van der Waals surface area contributed by atoms with E-state index >= 15 is 0 Å². The second-order valence-corrected chi connectivity index (χ2v) is 5.46. The maximum absolute atomic E-state index is 6.16. The monoisotopic (exact) mass is 283 g/mol. The predicted molar refractivity (Wildman–Crippen MR) is 83.6 cm³/mol. The molecule has 21 heavy (non-hydrogen) atoms. The number of ether oxygens (including phenoxy) is 2. The first kappa shape index (κ1) is 14.1. The molecule has 1 unspecified atom stereocenters. The van der Waals surface area contributed by atoms with Crippen molar-refractivity contribution in [2.75, 3.05) is 27.3 Å². The summed E-state index contributed by atoms with van der Waals surface area (Å²) >= 11 is 0. The van der Waals surface area contributed by atoms with Crippen LogP contribution in [-0.2, 0) is 11.3 Å². The lowest BCUT2D eigenvalue weighted by Crippen LogP contribution is -2.27. The number of likely N-dealkylation sites (N-methyl/N-ethyl adjacent to an activating group) is 1. The third kappa shape index (κ3) is 3.09. The molecule has 0 bridgehead atoms. The van der Waals surface area contributed by atoms with Gasteiger partial charge in [0.25, 0.3) is 0 Å². The number of nitrogens with zero attached hydrogens (tertiary/aromatic N) is 1. The van der Waals surface area contributed by atoms with Crippen molar-refractivity contribution in [3.63, 3.8) is 0 Å². The van der Waals surface area contributed by atoms with E-state index in [9.17, 15) is 0 Å². The van der Waals surface area contributed by atoms with Crippen molar-refractivity contribution < 1.29 is 9.47 Å². The van der Waals surface area contributed by atoms with Crippen LogP contribution in [0, 0.1) is 0 Å². The lowest BCUT2D eigenvalue weighted by atomic mass is 9.95. The zero-order chi connectivity index (χ0) is 14.7. The van der Waals surface area contributed by atoms with E-state index in [1.54, 1.807) is 7.11 Å². The summed E-state index contributed by atoms with van der Waals surface area (Å²) < 4.78 is 11.5. The van der Waals surface area contributed by atoms with E-state index < -0.39 is 0 Å². The van der Waals surface area contributed by atoms with Gasteiger partial charge in [0, 0.05) is 13.1 Å². The van der Waals surface area contributed by atoms with E-state index in [1.165, 1.54) is 16.7 Å². The molecule has 3 heteroatoms. The average Bonchev–Trinajstić information content (AvgIpc) is 2.51. The summed E-state index contributed by atoms with van der Waals surface area (Å²) in [6.45, 7) is 2.58. The largest absolute Gasteiger partial charge is 0.497 e. The summed E-state index contributed by atoms with van der Waals surface area (Å²) in [4.78, 5) is 2.28. The van der Waals surface area contributed by atoms with E-state index in [4.69, 9.17) is 9.47 Å². The first-order chi connectivity index (χ1) is 10.3. The number of rotatable bonds is 2. The predicted octanol–water partition coefficient (Wildman–Crippen LogP) is 3.25. The van der Waals surface area contributed by atoms with Gasteiger partial charge >= 0.3 is 0 Å². The minimum Gasteiger partial charge on any atom is -0.497 e. The van der Waals surface area contributed by atoms with Crippen molar-refractivity contribution in [2.24, 2.45) is 0 Å². The molecule has 3 nitrogen and oxygen atoms in total. The molecule has 1 heterocycles. The van der Waals surface area contributed by atoms with Gasteiger partial charge in [0.2, 0.25) is 0 Å². The molecular weight excluding hydrogens is 262 g/mol. The quantitative estimate of drug-likeness (QED) is 0.844. The van der Waals surface area contributed by atoms with Crippen LogP contribution in [0.2, 0.25) is 0 Å². The van der Waals surface area contributed by atoms with E-state index in [0.29, 0.717) is 0 Å². The van der Waals surface area contributed by atoms with E-state index in [1.807, 2.05) is 12.1 Å². The third-order valence-corrected chi connectivity index (χ3v) is 3.93. The molecule has 0 saturated heterocycles.